The molecule has 19 heavy (non-hydrogen) atoms. The van der Waals surface area contributed by atoms with Gasteiger partial charge in [-0.1, -0.05) is 6.08 Å². The van der Waals surface area contributed by atoms with E-state index in [9.17, 15) is 0 Å². The molecule has 4 nitrogen and oxygen atoms in total. The summed E-state index contributed by atoms with van der Waals surface area (Å²) >= 11 is 0. The maximum atomic E-state index is 5.49. The minimum absolute atomic E-state index is 0.112. The molecular weight excluding hydrogens is 238 g/mol. The van der Waals surface area contributed by atoms with E-state index in [0.29, 0.717) is 6.04 Å². The molecule has 2 aliphatic heterocycles. The normalized spacial score (nSPS) is 25.8. The molecule has 4 heteroatoms. The quantitative estimate of drug-likeness (QED) is 0.777. The molecule has 2 rings (SSSR count). The molecule has 1 unspecified atom stereocenters. The standard InChI is InChI=1S/C15H29N3O/c1-5-14(13(2)17-7-6-16-12-17)15(3,4)18-8-10-19-11-9-18/h5,13,16H,6-12H2,1-4H3. The van der Waals surface area contributed by atoms with Crippen LogP contribution in [0.15, 0.2) is 11.6 Å². The summed E-state index contributed by atoms with van der Waals surface area (Å²) in [6.45, 7) is 16.3. The molecule has 0 spiro atoms. The lowest BCUT2D eigenvalue weighted by Crippen LogP contribution is -2.54. The van der Waals surface area contributed by atoms with Crippen LogP contribution in [-0.4, -0.2) is 67.4 Å². The average Bonchev–Trinajstić information content (AvgIpc) is 2.94. The first-order valence-electron chi connectivity index (χ1n) is 7.51. The lowest BCUT2D eigenvalue weighted by molar-refractivity contribution is -0.00226. The van der Waals surface area contributed by atoms with E-state index in [4.69, 9.17) is 4.74 Å². The van der Waals surface area contributed by atoms with Gasteiger partial charge in [0, 0.05) is 44.4 Å². The lowest BCUT2D eigenvalue weighted by atomic mass is 9.86. The smallest absolute Gasteiger partial charge is 0.0594 e. The highest BCUT2D eigenvalue weighted by molar-refractivity contribution is 5.23. The first kappa shape index (κ1) is 15.0. The number of nitrogens with one attached hydrogen (secondary N) is 1. The molecule has 0 amide bonds. The number of allylic oxidation sites excluding steroid dienone is 1. The molecule has 2 fully saturated rings. The average molecular weight is 267 g/mol. The van der Waals surface area contributed by atoms with E-state index >= 15 is 0 Å². The van der Waals surface area contributed by atoms with E-state index in [0.717, 1.165) is 46.1 Å². The highest BCUT2D eigenvalue weighted by Crippen LogP contribution is 2.30. The maximum absolute atomic E-state index is 5.49. The van der Waals surface area contributed by atoms with Crippen LogP contribution in [0.2, 0.25) is 0 Å². The number of hydrogen-bond donors (Lipinski definition) is 1. The predicted octanol–water partition coefficient (Wildman–Crippen LogP) is 1.29. The van der Waals surface area contributed by atoms with Crippen LogP contribution in [0.5, 0.6) is 0 Å². The van der Waals surface area contributed by atoms with Gasteiger partial charge in [-0.05, 0) is 33.3 Å². The SMILES string of the molecule is CC=C(C(C)N1CCNC1)C(C)(C)N1CCOCC1. The minimum atomic E-state index is 0.112. The molecule has 0 aromatic carbocycles. The first-order chi connectivity index (χ1) is 9.07. The molecule has 2 aliphatic rings. The van der Waals surface area contributed by atoms with Crippen molar-refractivity contribution in [2.24, 2.45) is 0 Å². The molecule has 2 heterocycles. The summed E-state index contributed by atoms with van der Waals surface area (Å²) in [6.07, 6.45) is 2.32. The van der Waals surface area contributed by atoms with E-state index in [2.05, 4.69) is 48.9 Å². The lowest BCUT2D eigenvalue weighted by Gasteiger charge is -2.45. The van der Waals surface area contributed by atoms with Gasteiger partial charge in [-0.25, -0.2) is 0 Å². The number of ether oxygens (including phenoxy) is 1. The minimum Gasteiger partial charge on any atom is -0.379 e. The van der Waals surface area contributed by atoms with Crippen molar-refractivity contribution in [3.8, 4) is 0 Å². The van der Waals surface area contributed by atoms with Crippen LogP contribution in [0.25, 0.3) is 0 Å². The molecule has 1 atom stereocenters. The summed E-state index contributed by atoms with van der Waals surface area (Å²) in [4.78, 5) is 5.09. The number of hydrogen-bond acceptors (Lipinski definition) is 4. The van der Waals surface area contributed by atoms with Crippen molar-refractivity contribution in [2.75, 3.05) is 46.1 Å². The van der Waals surface area contributed by atoms with Crippen LogP contribution in [0.4, 0.5) is 0 Å². The molecule has 110 valence electrons. The third-order valence-corrected chi connectivity index (χ3v) is 4.71. The molecule has 0 radical (unpaired) electrons. The molecule has 0 aromatic rings. The molecule has 1 N–H and O–H groups in total. The number of rotatable bonds is 4. The van der Waals surface area contributed by atoms with Gasteiger partial charge in [-0.3, -0.25) is 9.80 Å². The second kappa shape index (κ2) is 6.35. The zero-order valence-corrected chi connectivity index (χ0v) is 12.9. The van der Waals surface area contributed by atoms with Gasteiger partial charge in [-0.2, -0.15) is 0 Å². The van der Waals surface area contributed by atoms with Crippen molar-refractivity contribution in [2.45, 2.75) is 39.3 Å². The summed E-state index contributed by atoms with van der Waals surface area (Å²) in [7, 11) is 0. The van der Waals surface area contributed by atoms with Crippen LogP contribution in [-0.2, 0) is 4.74 Å². The van der Waals surface area contributed by atoms with Gasteiger partial charge in [0.1, 0.15) is 0 Å². The highest BCUT2D eigenvalue weighted by Gasteiger charge is 2.36. The third kappa shape index (κ3) is 3.19. The monoisotopic (exact) mass is 267 g/mol. The van der Waals surface area contributed by atoms with Gasteiger partial charge in [0.2, 0.25) is 0 Å². The summed E-state index contributed by atoms with van der Waals surface area (Å²) in [5.41, 5.74) is 1.64. The topological polar surface area (TPSA) is 27.7 Å². The molecule has 2 saturated heterocycles. The zero-order chi connectivity index (χ0) is 13.9. The van der Waals surface area contributed by atoms with Crippen LogP contribution in [0.1, 0.15) is 27.7 Å². The van der Waals surface area contributed by atoms with Gasteiger partial charge in [-0.15, -0.1) is 0 Å². The Labute approximate surface area is 117 Å². The largest absolute Gasteiger partial charge is 0.379 e. The second-order valence-electron chi connectivity index (χ2n) is 6.05. The van der Waals surface area contributed by atoms with E-state index in [1.165, 1.54) is 5.57 Å². The van der Waals surface area contributed by atoms with E-state index in [1.807, 2.05) is 0 Å². The van der Waals surface area contributed by atoms with Gasteiger partial charge in [0.05, 0.1) is 13.2 Å². The Kier molecular flexibility index (Phi) is 5.01. The maximum Gasteiger partial charge on any atom is 0.0594 e. The molecule has 0 aromatic heterocycles. The Balaban J connectivity index is 2.10. The summed E-state index contributed by atoms with van der Waals surface area (Å²) in [6, 6.07) is 0.498. The number of morpholine rings is 1. The Hall–Kier alpha value is -0.420. The van der Waals surface area contributed by atoms with E-state index in [-0.39, 0.29) is 5.54 Å². The molecular formula is C15H29N3O. The Morgan fingerprint density at radius 1 is 1.26 bits per heavy atom. The summed E-state index contributed by atoms with van der Waals surface area (Å²) in [5, 5.41) is 3.43. The Morgan fingerprint density at radius 2 is 1.95 bits per heavy atom. The van der Waals surface area contributed by atoms with Crippen molar-refractivity contribution >= 4 is 0 Å². The fraction of sp³-hybridized carbons (Fsp3) is 0.867. The second-order valence-corrected chi connectivity index (χ2v) is 6.05. The first-order valence-corrected chi connectivity index (χ1v) is 7.51. The molecule has 0 saturated carbocycles. The number of nitrogens with zero attached hydrogens (tertiary/aromatic N) is 2. The predicted molar refractivity (Wildman–Crippen MR) is 79.3 cm³/mol. The van der Waals surface area contributed by atoms with E-state index in [1.54, 1.807) is 0 Å². The van der Waals surface area contributed by atoms with Gasteiger partial charge in [0.15, 0.2) is 0 Å². The van der Waals surface area contributed by atoms with Gasteiger partial charge < -0.3 is 10.1 Å². The van der Waals surface area contributed by atoms with E-state index < -0.39 is 0 Å². The molecule has 0 bridgehead atoms. The van der Waals surface area contributed by atoms with Crippen molar-refractivity contribution in [3.05, 3.63) is 11.6 Å². The van der Waals surface area contributed by atoms with Gasteiger partial charge in [0.25, 0.3) is 0 Å². The fourth-order valence-electron chi connectivity index (χ4n) is 3.46. The van der Waals surface area contributed by atoms with Crippen LogP contribution in [0.3, 0.4) is 0 Å². The van der Waals surface area contributed by atoms with Crippen molar-refractivity contribution in [1.82, 2.24) is 15.1 Å². The Bertz CT molecular complexity index is 315. The highest BCUT2D eigenvalue weighted by atomic mass is 16.5. The van der Waals surface area contributed by atoms with Crippen LogP contribution in [0, 0.1) is 0 Å². The zero-order valence-electron chi connectivity index (χ0n) is 12.9. The molecule has 0 aliphatic carbocycles. The van der Waals surface area contributed by atoms with Gasteiger partial charge >= 0.3 is 0 Å². The Morgan fingerprint density at radius 3 is 2.47 bits per heavy atom. The van der Waals surface area contributed by atoms with Crippen molar-refractivity contribution in [1.29, 1.82) is 0 Å². The van der Waals surface area contributed by atoms with Crippen LogP contribution < -0.4 is 5.32 Å². The van der Waals surface area contributed by atoms with Crippen molar-refractivity contribution in [3.63, 3.8) is 0 Å². The third-order valence-electron chi connectivity index (χ3n) is 4.71. The van der Waals surface area contributed by atoms with Crippen LogP contribution >= 0.6 is 0 Å². The fourth-order valence-corrected chi connectivity index (χ4v) is 3.46. The summed E-state index contributed by atoms with van der Waals surface area (Å²) in [5.74, 6) is 0. The van der Waals surface area contributed by atoms with Crippen molar-refractivity contribution < 1.29 is 4.74 Å². The summed E-state index contributed by atoms with van der Waals surface area (Å²) < 4.78 is 5.49.